The zero-order valence-electron chi connectivity index (χ0n) is 15.1. The maximum Gasteiger partial charge on any atom is 0.184 e. The molecule has 1 atom stereocenters. The second-order valence-electron chi connectivity index (χ2n) is 6.70. The first-order valence-electron chi connectivity index (χ1n) is 8.96. The average molecular weight is 376 g/mol. The molecule has 1 saturated carbocycles. The predicted molar refractivity (Wildman–Crippen MR) is 105 cm³/mol. The van der Waals surface area contributed by atoms with E-state index in [0.29, 0.717) is 5.56 Å². The van der Waals surface area contributed by atoms with Gasteiger partial charge >= 0.3 is 0 Å². The first kappa shape index (κ1) is 17.6. The molecule has 0 spiro atoms. The highest BCUT2D eigenvalue weighted by Gasteiger charge is 2.27. The van der Waals surface area contributed by atoms with Gasteiger partial charge in [-0.25, -0.2) is 4.98 Å². The number of methoxy groups -OCH3 is 1. The van der Waals surface area contributed by atoms with Crippen LogP contribution in [0.3, 0.4) is 0 Å². The molecule has 1 N–H and O–H groups in total. The van der Waals surface area contributed by atoms with E-state index in [9.17, 15) is 5.26 Å². The predicted octanol–water partition coefficient (Wildman–Crippen LogP) is 4.52. The van der Waals surface area contributed by atoms with Crippen LogP contribution in [0.4, 0.5) is 0 Å². The Balaban J connectivity index is 1.81. The lowest BCUT2D eigenvalue weighted by Gasteiger charge is -2.21. The third kappa shape index (κ3) is 3.99. The van der Waals surface area contributed by atoms with E-state index in [1.165, 1.54) is 30.3 Å². The summed E-state index contributed by atoms with van der Waals surface area (Å²) in [6, 6.07) is 16.4. The molecule has 2 aromatic carbocycles. The fourth-order valence-electron chi connectivity index (χ4n) is 3.26. The number of benzene rings is 2. The molecule has 1 fully saturated rings. The first-order valence-corrected chi connectivity index (χ1v) is 9.84. The van der Waals surface area contributed by atoms with Gasteiger partial charge in [-0.15, -0.1) is 0 Å². The van der Waals surface area contributed by atoms with Crippen LogP contribution in [0.5, 0.6) is 5.75 Å². The Morgan fingerprint density at radius 1 is 1.26 bits per heavy atom. The fourth-order valence-corrected chi connectivity index (χ4v) is 4.39. The molecule has 1 unspecified atom stereocenters. The lowest BCUT2D eigenvalue weighted by molar-refractivity contribution is 0.414. The molecule has 0 aliphatic heterocycles. The number of rotatable bonds is 7. The van der Waals surface area contributed by atoms with Crippen LogP contribution in [0.25, 0.3) is 0 Å². The van der Waals surface area contributed by atoms with Gasteiger partial charge in [-0.1, -0.05) is 36.0 Å². The second-order valence-corrected chi connectivity index (χ2v) is 7.79. The van der Waals surface area contributed by atoms with Gasteiger partial charge in [0.15, 0.2) is 5.16 Å². The maximum absolute atomic E-state index is 9.63. The summed E-state index contributed by atoms with van der Waals surface area (Å²) in [5, 5.41) is 17.2. The smallest absolute Gasteiger partial charge is 0.184 e. The molecule has 1 aliphatic carbocycles. The van der Waals surface area contributed by atoms with E-state index in [2.05, 4.69) is 33.4 Å². The van der Waals surface area contributed by atoms with Gasteiger partial charge in [0.2, 0.25) is 0 Å². The van der Waals surface area contributed by atoms with Crippen molar-refractivity contribution in [2.24, 2.45) is 5.92 Å². The van der Waals surface area contributed by atoms with E-state index >= 15 is 0 Å². The minimum Gasteiger partial charge on any atom is -0.497 e. The van der Waals surface area contributed by atoms with E-state index in [1.807, 2.05) is 30.3 Å². The molecule has 1 heterocycles. The van der Waals surface area contributed by atoms with Crippen LogP contribution < -0.4 is 4.74 Å². The normalized spacial score (nSPS) is 14.5. The van der Waals surface area contributed by atoms with Gasteiger partial charge in [-0.05, 0) is 60.1 Å². The Bertz CT molecular complexity index is 961. The van der Waals surface area contributed by atoms with Crippen LogP contribution in [0, 0.1) is 17.2 Å². The van der Waals surface area contributed by atoms with E-state index in [-0.39, 0.29) is 5.25 Å². The van der Waals surface area contributed by atoms with Gasteiger partial charge in [0, 0.05) is 0 Å². The zero-order valence-corrected chi connectivity index (χ0v) is 15.9. The Hall–Kier alpha value is -2.78. The third-order valence-electron chi connectivity index (χ3n) is 4.82. The van der Waals surface area contributed by atoms with Crippen LogP contribution in [-0.2, 0) is 6.42 Å². The van der Waals surface area contributed by atoms with Crippen LogP contribution in [0.1, 0.15) is 40.3 Å². The zero-order chi connectivity index (χ0) is 18.6. The molecule has 0 bridgehead atoms. The summed E-state index contributed by atoms with van der Waals surface area (Å²) < 4.78 is 5.46. The Labute approximate surface area is 162 Å². The number of ether oxygens (including phenoxy) is 1. The average Bonchev–Trinajstić information content (AvgIpc) is 3.37. The topological polar surface area (TPSA) is 74.6 Å². The largest absolute Gasteiger partial charge is 0.497 e. The quantitative estimate of drug-likeness (QED) is 0.614. The summed E-state index contributed by atoms with van der Waals surface area (Å²) in [4.78, 5) is 4.29. The van der Waals surface area contributed by atoms with Crippen molar-refractivity contribution >= 4 is 11.8 Å². The minimum atomic E-state index is -0.0477. The molecule has 0 amide bonds. The number of thioether (sulfide) groups is 1. The lowest BCUT2D eigenvalue weighted by Crippen LogP contribution is -2.05. The molecule has 6 heteroatoms. The van der Waals surface area contributed by atoms with Crippen molar-refractivity contribution in [2.75, 3.05) is 7.11 Å². The van der Waals surface area contributed by atoms with Crippen molar-refractivity contribution < 1.29 is 4.74 Å². The molecule has 5 nitrogen and oxygen atoms in total. The summed E-state index contributed by atoms with van der Waals surface area (Å²) in [5.74, 6) is 1.62. The number of nitrogens with one attached hydrogen (secondary N) is 1. The summed E-state index contributed by atoms with van der Waals surface area (Å²) in [6.45, 7) is 0. The molecule has 1 aromatic heterocycles. The van der Waals surface area contributed by atoms with Gasteiger partial charge in [0.25, 0.3) is 0 Å². The highest BCUT2D eigenvalue weighted by Crippen LogP contribution is 2.44. The number of aromatic amines is 1. The van der Waals surface area contributed by atoms with Gasteiger partial charge < -0.3 is 4.74 Å². The standard InChI is InChI=1S/C21H20N4OS/c1-26-17-8-9-19(16(11-17)10-14-6-7-14)20(27-21-23-13-24-25-21)18-5-3-2-4-15(18)12-22/h2-5,8-9,11,13-14,20H,6-7,10H2,1H3,(H,23,24,25). The summed E-state index contributed by atoms with van der Waals surface area (Å²) in [7, 11) is 1.70. The van der Waals surface area contributed by atoms with Crippen molar-refractivity contribution in [3.8, 4) is 11.8 Å². The Morgan fingerprint density at radius 3 is 2.81 bits per heavy atom. The van der Waals surface area contributed by atoms with Crippen molar-refractivity contribution in [3.05, 3.63) is 71.0 Å². The highest BCUT2D eigenvalue weighted by molar-refractivity contribution is 7.99. The first-order chi connectivity index (χ1) is 13.3. The summed E-state index contributed by atoms with van der Waals surface area (Å²) in [5.41, 5.74) is 4.15. The highest BCUT2D eigenvalue weighted by atomic mass is 32.2. The number of hydrogen-bond acceptors (Lipinski definition) is 5. The minimum absolute atomic E-state index is 0.0477. The van der Waals surface area contributed by atoms with Crippen LogP contribution in [0.15, 0.2) is 53.9 Å². The maximum atomic E-state index is 9.63. The molecular weight excluding hydrogens is 356 g/mol. The summed E-state index contributed by atoms with van der Waals surface area (Å²) in [6.07, 6.45) is 5.11. The Morgan fingerprint density at radius 2 is 2.11 bits per heavy atom. The van der Waals surface area contributed by atoms with Gasteiger partial charge in [0.05, 0.1) is 24.0 Å². The molecule has 1 aliphatic rings. The van der Waals surface area contributed by atoms with Crippen molar-refractivity contribution in [1.29, 1.82) is 5.26 Å². The SMILES string of the molecule is COc1ccc(C(Sc2ncn[nH]2)c2ccccc2C#N)c(CC2CC2)c1. The fraction of sp³-hybridized carbons (Fsp3) is 0.286. The van der Waals surface area contributed by atoms with E-state index in [4.69, 9.17) is 4.74 Å². The van der Waals surface area contributed by atoms with Gasteiger partial charge in [-0.2, -0.15) is 10.4 Å². The van der Waals surface area contributed by atoms with Crippen molar-refractivity contribution in [3.63, 3.8) is 0 Å². The van der Waals surface area contributed by atoms with Crippen LogP contribution in [-0.4, -0.2) is 22.3 Å². The number of nitriles is 1. The number of nitrogens with zero attached hydrogens (tertiary/aromatic N) is 3. The van der Waals surface area contributed by atoms with Crippen molar-refractivity contribution in [2.45, 2.75) is 29.7 Å². The molecule has 0 radical (unpaired) electrons. The number of hydrogen-bond donors (Lipinski definition) is 1. The molecule has 4 rings (SSSR count). The Kier molecular flexibility index (Phi) is 5.12. The van der Waals surface area contributed by atoms with Crippen LogP contribution in [0.2, 0.25) is 0 Å². The van der Waals surface area contributed by atoms with Gasteiger partial charge in [0.1, 0.15) is 12.1 Å². The molecule has 27 heavy (non-hydrogen) atoms. The third-order valence-corrected chi connectivity index (χ3v) is 5.99. The van der Waals surface area contributed by atoms with Crippen molar-refractivity contribution in [1.82, 2.24) is 15.2 Å². The van der Waals surface area contributed by atoms with Gasteiger partial charge in [-0.3, -0.25) is 5.10 Å². The van der Waals surface area contributed by atoms with E-state index in [0.717, 1.165) is 28.8 Å². The second kappa shape index (κ2) is 7.85. The molecule has 136 valence electrons. The summed E-state index contributed by atoms with van der Waals surface area (Å²) >= 11 is 1.59. The van der Waals surface area contributed by atoms with E-state index in [1.54, 1.807) is 18.9 Å². The van der Waals surface area contributed by atoms with Crippen LogP contribution >= 0.6 is 11.8 Å². The number of aromatic nitrogens is 3. The number of H-pyrrole nitrogens is 1. The molecular formula is C21H20N4OS. The van der Waals surface area contributed by atoms with E-state index < -0.39 is 0 Å². The lowest BCUT2D eigenvalue weighted by atomic mass is 9.93. The molecule has 3 aromatic rings. The monoisotopic (exact) mass is 376 g/mol. The molecule has 0 saturated heterocycles.